The maximum Gasteiger partial charge on any atom is 0.175 e. The summed E-state index contributed by atoms with van der Waals surface area (Å²) in [5.41, 5.74) is 1.85. The minimum atomic E-state index is -0.787. The number of carbonyl (C=O) groups is 3. The molecule has 0 aromatic heterocycles. The first-order valence-corrected chi connectivity index (χ1v) is 8.87. The number of hydrogen-bond donors (Lipinski definition) is 0. The van der Waals surface area contributed by atoms with Crippen molar-refractivity contribution in [3.8, 4) is 0 Å². The monoisotopic (exact) mass is 334 g/mol. The van der Waals surface area contributed by atoms with Gasteiger partial charge in [-0.3, -0.25) is 14.4 Å². The smallest absolute Gasteiger partial charge is 0.175 e. The molecule has 0 unspecified atom stereocenters. The van der Waals surface area contributed by atoms with E-state index in [2.05, 4.69) is 0 Å². The third-order valence-electron chi connectivity index (χ3n) is 4.91. The van der Waals surface area contributed by atoms with E-state index in [-0.39, 0.29) is 23.8 Å². The minimum absolute atomic E-state index is 0.118. The Morgan fingerprint density at radius 1 is 0.920 bits per heavy atom. The molecule has 0 heterocycles. The molecule has 1 atom stereocenters. The van der Waals surface area contributed by atoms with Gasteiger partial charge in [-0.05, 0) is 12.0 Å². The van der Waals surface area contributed by atoms with E-state index >= 15 is 0 Å². The predicted octanol–water partition coefficient (Wildman–Crippen LogP) is 4.62. The van der Waals surface area contributed by atoms with Gasteiger partial charge in [0.25, 0.3) is 0 Å². The van der Waals surface area contributed by atoms with Crippen molar-refractivity contribution in [2.24, 2.45) is 5.92 Å². The first kappa shape index (κ1) is 17.3. The molecule has 2 aromatic rings. The van der Waals surface area contributed by atoms with E-state index in [1.807, 2.05) is 37.3 Å². The SMILES string of the molecule is CCCCC(=O)C[C@@H](c1ccccc1)C1C(=O)c2ccccc2C1=O. The number of carbonyl (C=O) groups excluding carboxylic acids is 3. The molecule has 2 aromatic carbocycles. The second-order valence-electron chi connectivity index (χ2n) is 6.62. The van der Waals surface area contributed by atoms with Crippen molar-refractivity contribution in [3.05, 3.63) is 71.3 Å². The van der Waals surface area contributed by atoms with Crippen molar-refractivity contribution < 1.29 is 14.4 Å². The summed E-state index contributed by atoms with van der Waals surface area (Å²) in [4.78, 5) is 38.2. The molecular weight excluding hydrogens is 312 g/mol. The maximum absolute atomic E-state index is 12.9. The maximum atomic E-state index is 12.9. The lowest BCUT2D eigenvalue weighted by molar-refractivity contribution is -0.119. The molecule has 0 aliphatic heterocycles. The standard InChI is InChI=1S/C22H22O3/c1-2-3-11-16(23)14-19(15-9-5-4-6-10-15)20-21(24)17-12-7-8-13-18(17)22(20)25/h4-10,12-13,19-20H,2-3,11,14H2,1H3/t19-/m0/s1. The van der Waals surface area contributed by atoms with Crippen LogP contribution >= 0.6 is 0 Å². The van der Waals surface area contributed by atoms with Gasteiger partial charge in [0.2, 0.25) is 0 Å². The molecule has 1 aliphatic carbocycles. The fourth-order valence-corrected chi connectivity index (χ4v) is 3.58. The first-order chi connectivity index (χ1) is 12.1. The van der Waals surface area contributed by atoms with Gasteiger partial charge in [-0.25, -0.2) is 0 Å². The Balaban J connectivity index is 1.94. The fourth-order valence-electron chi connectivity index (χ4n) is 3.58. The van der Waals surface area contributed by atoms with Gasteiger partial charge in [0.15, 0.2) is 11.6 Å². The summed E-state index contributed by atoms with van der Waals surface area (Å²) < 4.78 is 0. The number of Topliss-reactive ketones (excluding diaryl/α,β-unsaturated/α-hetero) is 3. The van der Waals surface area contributed by atoms with Crippen molar-refractivity contribution in [2.75, 3.05) is 0 Å². The van der Waals surface area contributed by atoms with Crippen LogP contribution in [0.2, 0.25) is 0 Å². The molecule has 0 N–H and O–H groups in total. The molecule has 3 heteroatoms. The summed E-state index contributed by atoms with van der Waals surface area (Å²) in [7, 11) is 0. The van der Waals surface area contributed by atoms with Crippen LogP contribution in [0.4, 0.5) is 0 Å². The third kappa shape index (κ3) is 3.46. The Morgan fingerprint density at radius 2 is 1.48 bits per heavy atom. The van der Waals surface area contributed by atoms with Crippen LogP contribution in [0, 0.1) is 5.92 Å². The van der Waals surface area contributed by atoms with Gasteiger partial charge in [0.1, 0.15) is 5.78 Å². The van der Waals surface area contributed by atoms with E-state index in [4.69, 9.17) is 0 Å². The van der Waals surface area contributed by atoms with E-state index in [0.29, 0.717) is 17.5 Å². The van der Waals surface area contributed by atoms with Gasteiger partial charge >= 0.3 is 0 Å². The molecule has 0 saturated heterocycles. The van der Waals surface area contributed by atoms with E-state index in [1.165, 1.54) is 0 Å². The van der Waals surface area contributed by atoms with Gasteiger partial charge < -0.3 is 0 Å². The molecule has 0 amide bonds. The average molecular weight is 334 g/mol. The van der Waals surface area contributed by atoms with Crippen molar-refractivity contribution in [3.63, 3.8) is 0 Å². The van der Waals surface area contributed by atoms with Crippen LogP contribution in [-0.2, 0) is 4.79 Å². The molecule has 0 spiro atoms. The average Bonchev–Trinajstić information content (AvgIpc) is 2.90. The van der Waals surface area contributed by atoms with Crippen molar-refractivity contribution in [1.82, 2.24) is 0 Å². The second kappa shape index (κ2) is 7.56. The van der Waals surface area contributed by atoms with Crippen LogP contribution in [0.5, 0.6) is 0 Å². The van der Waals surface area contributed by atoms with Crippen LogP contribution in [0.15, 0.2) is 54.6 Å². The molecular formula is C22H22O3. The summed E-state index contributed by atoms with van der Waals surface area (Å²) in [5, 5.41) is 0. The van der Waals surface area contributed by atoms with Crippen molar-refractivity contribution >= 4 is 17.3 Å². The van der Waals surface area contributed by atoms with Gasteiger partial charge in [-0.1, -0.05) is 67.9 Å². The number of unbranched alkanes of at least 4 members (excludes halogenated alkanes) is 1. The molecule has 3 nitrogen and oxygen atoms in total. The summed E-state index contributed by atoms with van der Waals surface area (Å²) in [6.07, 6.45) is 2.53. The zero-order valence-electron chi connectivity index (χ0n) is 14.4. The minimum Gasteiger partial charge on any atom is -0.300 e. The van der Waals surface area contributed by atoms with Crippen LogP contribution in [0.1, 0.15) is 64.8 Å². The molecule has 25 heavy (non-hydrogen) atoms. The zero-order chi connectivity index (χ0) is 17.8. The van der Waals surface area contributed by atoms with Crippen molar-refractivity contribution in [1.29, 1.82) is 0 Å². The van der Waals surface area contributed by atoms with Gasteiger partial charge in [-0.15, -0.1) is 0 Å². The molecule has 0 saturated carbocycles. The van der Waals surface area contributed by atoms with E-state index < -0.39 is 11.8 Å². The Labute approximate surface area is 148 Å². The molecule has 0 fully saturated rings. The highest BCUT2D eigenvalue weighted by molar-refractivity contribution is 6.27. The summed E-state index contributed by atoms with van der Waals surface area (Å²) >= 11 is 0. The molecule has 0 radical (unpaired) electrons. The topological polar surface area (TPSA) is 51.2 Å². The zero-order valence-corrected chi connectivity index (χ0v) is 14.4. The number of fused-ring (bicyclic) bond motifs is 1. The lowest BCUT2D eigenvalue weighted by Crippen LogP contribution is -2.26. The summed E-state index contributed by atoms with van der Waals surface area (Å²) in [6, 6.07) is 16.4. The van der Waals surface area contributed by atoms with Crippen LogP contribution in [0.25, 0.3) is 0 Å². The number of ketones is 3. The Morgan fingerprint density at radius 3 is 2.04 bits per heavy atom. The molecule has 3 rings (SSSR count). The lowest BCUT2D eigenvalue weighted by Gasteiger charge is -2.21. The molecule has 1 aliphatic rings. The van der Waals surface area contributed by atoms with Crippen LogP contribution in [-0.4, -0.2) is 17.3 Å². The number of rotatable bonds is 7. The quantitative estimate of drug-likeness (QED) is 0.695. The third-order valence-corrected chi connectivity index (χ3v) is 4.91. The Kier molecular flexibility index (Phi) is 5.22. The summed E-state index contributed by atoms with van der Waals surface area (Å²) in [6.45, 7) is 2.04. The summed E-state index contributed by atoms with van der Waals surface area (Å²) in [5.74, 6) is -1.37. The molecule has 128 valence electrons. The fraction of sp³-hybridized carbons (Fsp3) is 0.318. The van der Waals surface area contributed by atoms with Gasteiger partial charge in [-0.2, -0.15) is 0 Å². The highest BCUT2D eigenvalue weighted by atomic mass is 16.2. The van der Waals surface area contributed by atoms with Gasteiger partial charge in [0, 0.05) is 29.9 Å². The molecule has 0 bridgehead atoms. The Bertz CT molecular complexity index is 757. The van der Waals surface area contributed by atoms with Crippen molar-refractivity contribution in [2.45, 2.75) is 38.5 Å². The Hall–Kier alpha value is -2.55. The highest BCUT2D eigenvalue weighted by Gasteiger charge is 2.44. The largest absolute Gasteiger partial charge is 0.300 e. The number of hydrogen-bond acceptors (Lipinski definition) is 3. The van der Waals surface area contributed by atoms with Crippen LogP contribution < -0.4 is 0 Å². The first-order valence-electron chi connectivity index (χ1n) is 8.87. The normalized spacial score (nSPS) is 15.2. The predicted molar refractivity (Wildman–Crippen MR) is 96.9 cm³/mol. The number of benzene rings is 2. The van der Waals surface area contributed by atoms with Crippen LogP contribution in [0.3, 0.4) is 0 Å². The van der Waals surface area contributed by atoms with E-state index in [9.17, 15) is 14.4 Å². The second-order valence-corrected chi connectivity index (χ2v) is 6.62. The van der Waals surface area contributed by atoms with E-state index in [0.717, 1.165) is 18.4 Å². The van der Waals surface area contributed by atoms with E-state index in [1.54, 1.807) is 24.3 Å². The highest BCUT2D eigenvalue weighted by Crippen LogP contribution is 2.39. The van der Waals surface area contributed by atoms with Gasteiger partial charge in [0.05, 0.1) is 5.92 Å². The lowest BCUT2D eigenvalue weighted by atomic mass is 9.79.